The fourth-order valence-electron chi connectivity index (χ4n) is 3.05. The molecule has 3 aromatic rings. The van der Waals surface area contributed by atoms with Crippen LogP contribution in [-0.2, 0) is 0 Å². The Balaban J connectivity index is -0.000000276. The van der Waals surface area contributed by atoms with E-state index in [2.05, 4.69) is 0 Å². The molecule has 0 aliphatic heterocycles. The van der Waals surface area contributed by atoms with E-state index >= 15 is 0 Å². The number of ether oxygens (including phenoxy) is 6. The molecule has 256 valence electrons. The summed E-state index contributed by atoms with van der Waals surface area (Å²) in [6, 6.07) is 7.33. The van der Waals surface area contributed by atoms with Crippen molar-refractivity contribution in [1.82, 2.24) is 0 Å². The minimum Gasteiger partial charge on any atom is -0.502 e. The van der Waals surface area contributed by atoms with Crippen LogP contribution >= 0.6 is 0 Å². The Morgan fingerprint density at radius 3 is 0.630 bits per heavy atom. The molecule has 18 nitrogen and oxygen atoms in total. The number of carboxylic acids is 3. The van der Waals surface area contributed by atoms with Gasteiger partial charge in [-0.2, -0.15) is 0 Å². The SMILES string of the molecule is COc1cc(C(=O)O)cc(OC)c1O.COc1cc(C(=O)O)cc(OC)c1O.COc1cc(C(=O)O)cc(OC)c1O.O.O.O.[Nd]. The van der Waals surface area contributed by atoms with Gasteiger partial charge in [-0.05, 0) is 36.4 Å². The van der Waals surface area contributed by atoms with Crippen LogP contribution in [0.2, 0.25) is 0 Å². The Labute approximate surface area is 294 Å². The fourth-order valence-corrected chi connectivity index (χ4v) is 3.05. The topological polar surface area (TPSA) is 322 Å². The van der Waals surface area contributed by atoms with Crippen LogP contribution in [0.5, 0.6) is 51.7 Å². The van der Waals surface area contributed by atoms with Crippen LogP contribution in [0.3, 0.4) is 0 Å². The van der Waals surface area contributed by atoms with E-state index in [1.165, 1.54) is 79.1 Å². The van der Waals surface area contributed by atoms with E-state index in [0.29, 0.717) is 0 Å². The molecule has 19 heteroatoms. The number of benzene rings is 3. The van der Waals surface area contributed by atoms with Crippen LogP contribution in [-0.4, -0.2) is 108 Å². The molecule has 0 heterocycles. The first-order chi connectivity index (χ1) is 19.8. The predicted octanol–water partition coefficient (Wildman–Crippen LogP) is 0.849. The molecule has 0 atom stereocenters. The summed E-state index contributed by atoms with van der Waals surface area (Å²) in [5, 5.41) is 54.5. The zero-order valence-corrected chi connectivity index (χ0v) is 28.5. The summed E-state index contributed by atoms with van der Waals surface area (Å²) in [4.78, 5) is 32.0. The Kier molecular flexibility index (Phi) is 24.1. The second-order valence-corrected chi connectivity index (χ2v) is 7.60. The molecular formula is C27H36NdO18. The van der Waals surface area contributed by atoms with Crippen LogP contribution in [0.4, 0.5) is 0 Å². The van der Waals surface area contributed by atoms with Gasteiger partial charge >= 0.3 is 17.9 Å². The van der Waals surface area contributed by atoms with Crippen LogP contribution in [0.1, 0.15) is 31.1 Å². The molecule has 3 rings (SSSR count). The summed E-state index contributed by atoms with van der Waals surface area (Å²) in [7, 11) is 8.00. The third kappa shape index (κ3) is 12.9. The van der Waals surface area contributed by atoms with Gasteiger partial charge in [-0.15, -0.1) is 0 Å². The fraction of sp³-hybridized carbons (Fsp3) is 0.222. The van der Waals surface area contributed by atoms with E-state index < -0.39 is 17.9 Å². The molecule has 0 spiro atoms. The Hall–Kier alpha value is -4.50. The summed E-state index contributed by atoms with van der Waals surface area (Å²) < 4.78 is 28.7. The molecule has 0 aliphatic rings. The van der Waals surface area contributed by atoms with Gasteiger partial charge in [0.25, 0.3) is 0 Å². The summed E-state index contributed by atoms with van der Waals surface area (Å²) in [5.41, 5.74) is -0.00972. The van der Waals surface area contributed by atoms with Gasteiger partial charge in [0.05, 0.1) is 59.3 Å². The van der Waals surface area contributed by atoms with E-state index in [1.807, 2.05) is 0 Å². The van der Waals surface area contributed by atoms with E-state index in [4.69, 9.17) is 43.7 Å². The van der Waals surface area contributed by atoms with Crippen molar-refractivity contribution < 1.29 is 131 Å². The van der Waals surface area contributed by atoms with Gasteiger partial charge in [0.15, 0.2) is 34.5 Å². The van der Waals surface area contributed by atoms with E-state index in [-0.39, 0.29) is 126 Å². The number of hydrogen-bond donors (Lipinski definition) is 6. The number of carbonyl (C=O) groups is 3. The van der Waals surface area contributed by atoms with E-state index in [0.717, 1.165) is 0 Å². The molecule has 0 fully saturated rings. The van der Waals surface area contributed by atoms with Crippen molar-refractivity contribution in [2.75, 3.05) is 42.7 Å². The maximum Gasteiger partial charge on any atom is 0.335 e. The van der Waals surface area contributed by atoms with Crippen LogP contribution in [0.25, 0.3) is 0 Å². The molecule has 0 aliphatic carbocycles. The standard InChI is InChI=1S/3C9H10O5.Nd.3H2O/c3*1-13-6-3-5(9(11)12)4-7(14-2)8(6)10;;;;/h3*3-4,10H,1-2H3,(H,11,12);;3*1H2. The van der Waals surface area contributed by atoms with Crippen molar-refractivity contribution >= 4 is 17.9 Å². The Bertz CT molecular complexity index is 1180. The van der Waals surface area contributed by atoms with Crippen molar-refractivity contribution in [3.05, 3.63) is 53.1 Å². The first-order valence-electron chi connectivity index (χ1n) is 11.3. The number of methoxy groups -OCH3 is 6. The van der Waals surface area contributed by atoms with Gasteiger partial charge in [-0.25, -0.2) is 14.4 Å². The molecule has 46 heavy (non-hydrogen) atoms. The number of phenols is 3. The molecule has 0 bridgehead atoms. The summed E-state index contributed by atoms with van der Waals surface area (Å²) >= 11 is 0. The first kappa shape index (κ1) is 48.4. The molecular weight excluding hydrogens is 757 g/mol. The average molecular weight is 793 g/mol. The molecule has 0 unspecified atom stereocenters. The summed E-state index contributed by atoms with van der Waals surface area (Å²) in [6.07, 6.45) is 0. The average Bonchev–Trinajstić information content (AvgIpc) is 2.97. The number of hydrogen-bond acceptors (Lipinski definition) is 12. The molecule has 3 aromatic carbocycles. The van der Waals surface area contributed by atoms with Gasteiger partial charge in [-0.1, -0.05) is 0 Å². The van der Waals surface area contributed by atoms with Crippen molar-refractivity contribution in [2.24, 2.45) is 0 Å². The van der Waals surface area contributed by atoms with Gasteiger partial charge in [0.2, 0.25) is 17.2 Å². The van der Waals surface area contributed by atoms with Gasteiger partial charge in [0, 0.05) is 40.8 Å². The van der Waals surface area contributed by atoms with E-state index in [1.54, 1.807) is 0 Å². The molecule has 0 saturated heterocycles. The Morgan fingerprint density at radius 1 is 0.413 bits per heavy atom. The number of carboxylic acid groups (broad SMARTS) is 3. The second kappa shape index (κ2) is 22.9. The molecule has 0 amide bonds. The quantitative estimate of drug-likeness (QED) is 0.175. The first-order valence-corrected chi connectivity index (χ1v) is 11.3. The van der Waals surface area contributed by atoms with Gasteiger partial charge < -0.3 is 75.5 Å². The maximum atomic E-state index is 10.7. The zero-order chi connectivity index (χ0) is 32.1. The zero-order valence-electron chi connectivity index (χ0n) is 25.3. The molecule has 0 aromatic heterocycles. The van der Waals surface area contributed by atoms with Crippen molar-refractivity contribution in [3.8, 4) is 51.7 Å². The van der Waals surface area contributed by atoms with Crippen LogP contribution in [0.15, 0.2) is 36.4 Å². The number of aromatic carboxylic acids is 3. The summed E-state index contributed by atoms with van der Waals surface area (Å²) in [6.45, 7) is 0. The van der Waals surface area contributed by atoms with Crippen LogP contribution in [0, 0.1) is 40.8 Å². The number of aromatic hydroxyl groups is 3. The van der Waals surface area contributed by atoms with Gasteiger partial charge in [0.1, 0.15) is 0 Å². The van der Waals surface area contributed by atoms with Crippen molar-refractivity contribution in [2.45, 2.75) is 0 Å². The third-order valence-electron chi connectivity index (χ3n) is 5.18. The van der Waals surface area contributed by atoms with Gasteiger partial charge in [-0.3, -0.25) is 0 Å². The minimum absolute atomic E-state index is 0. The monoisotopic (exact) mass is 790 g/mol. The normalized spacial score (nSPS) is 8.74. The molecule has 0 radical (unpaired) electrons. The van der Waals surface area contributed by atoms with Crippen molar-refractivity contribution in [3.63, 3.8) is 0 Å². The van der Waals surface area contributed by atoms with Crippen LogP contribution < -0.4 is 28.4 Å². The second-order valence-electron chi connectivity index (χ2n) is 7.60. The number of phenolic OH excluding ortho intramolecular Hbond substituents is 3. The summed E-state index contributed by atoms with van der Waals surface area (Å²) in [5.74, 6) is -3.53. The number of rotatable bonds is 9. The van der Waals surface area contributed by atoms with E-state index in [9.17, 15) is 29.7 Å². The smallest absolute Gasteiger partial charge is 0.335 e. The predicted molar refractivity (Wildman–Crippen MR) is 155 cm³/mol. The molecule has 12 N–H and O–H groups in total. The largest absolute Gasteiger partial charge is 0.502 e. The van der Waals surface area contributed by atoms with Crippen molar-refractivity contribution in [1.29, 1.82) is 0 Å². The Morgan fingerprint density at radius 2 is 0.543 bits per heavy atom. The third-order valence-corrected chi connectivity index (χ3v) is 5.18. The molecule has 0 saturated carbocycles. The maximum absolute atomic E-state index is 10.7. The minimum atomic E-state index is -1.11.